The molecule has 9 heteroatoms. The van der Waals surface area contributed by atoms with E-state index in [1.165, 1.54) is 5.56 Å². The van der Waals surface area contributed by atoms with Crippen LogP contribution >= 0.6 is 11.6 Å². The summed E-state index contributed by atoms with van der Waals surface area (Å²) < 4.78 is 5.42. The van der Waals surface area contributed by atoms with Gasteiger partial charge in [0.25, 0.3) is 5.91 Å². The van der Waals surface area contributed by atoms with Gasteiger partial charge in [-0.25, -0.2) is 4.98 Å². The third-order valence-corrected chi connectivity index (χ3v) is 5.80. The van der Waals surface area contributed by atoms with E-state index in [0.29, 0.717) is 27.8 Å². The van der Waals surface area contributed by atoms with Crippen molar-refractivity contribution in [2.75, 3.05) is 31.6 Å². The number of H-pyrrole nitrogens is 2. The van der Waals surface area contributed by atoms with Crippen molar-refractivity contribution < 1.29 is 9.53 Å². The standard InChI is InChI=1S/C24H23ClN6O2/c25-19-3-1-2-18(12-19)24(32)29-21-14-27-30-22(21)23-26-13-20(28-23)17-6-4-16(5-7-17)15-31-8-10-33-11-9-31/h1-7,12-14H,8-11,15H2,(H,26,28)(H,27,30)(H,29,32). The molecule has 2 aromatic heterocycles. The molecule has 33 heavy (non-hydrogen) atoms. The maximum absolute atomic E-state index is 12.6. The van der Waals surface area contributed by atoms with Crippen molar-refractivity contribution in [1.29, 1.82) is 0 Å². The van der Waals surface area contributed by atoms with E-state index in [1.54, 1.807) is 36.7 Å². The van der Waals surface area contributed by atoms with Gasteiger partial charge in [-0.05, 0) is 29.3 Å². The summed E-state index contributed by atoms with van der Waals surface area (Å²) in [5.41, 5.74) is 4.77. The van der Waals surface area contributed by atoms with Crippen molar-refractivity contribution in [3.05, 3.63) is 77.1 Å². The van der Waals surface area contributed by atoms with Gasteiger partial charge >= 0.3 is 0 Å². The number of hydrogen-bond acceptors (Lipinski definition) is 5. The van der Waals surface area contributed by atoms with Crippen LogP contribution < -0.4 is 5.32 Å². The first kappa shape index (κ1) is 21.4. The minimum atomic E-state index is -0.275. The minimum Gasteiger partial charge on any atom is -0.379 e. The van der Waals surface area contributed by atoms with Crippen molar-refractivity contribution >= 4 is 23.2 Å². The topological polar surface area (TPSA) is 98.9 Å². The van der Waals surface area contributed by atoms with Gasteiger partial charge in [0, 0.05) is 30.2 Å². The Morgan fingerprint density at radius 3 is 2.73 bits per heavy atom. The lowest BCUT2D eigenvalue weighted by atomic mass is 10.1. The summed E-state index contributed by atoms with van der Waals surface area (Å²) in [6.07, 6.45) is 3.33. The lowest BCUT2D eigenvalue weighted by Gasteiger charge is -2.26. The molecule has 0 unspecified atom stereocenters. The van der Waals surface area contributed by atoms with Gasteiger partial charge in [0.1, 0.15) is 5.69 Å². The van der Waals surface area contributed by atoms with Crippen LogP contribution in [0, 0.1) is 0 Å². The zero-order chi connectivity index (χ0) is 22.6. The van der Waals surface area contributed by atoms with Gasteiger partial charge in [-0.3, -0.25) is 14.8 Å². The lowest BCUT2D eigenvalue weighted by molar-refractivity contribution is 0.0342. The molecule has 2 aromatic carbocycles. The van der Waals surface area contributed by atoms with Gasteiger partial charge in [0.15, 0.2) is 5.82 Å². The Labute approximate surface area is 196 Å². The molecule has 0 spiro atoms. The summed E-state index contributed by atoms with van der Waals surface area (Å²) in [4.78, 5) is 22.8. The molecule has 1 aliphatic heterocycles. The first-order valence-electron chi connectivity index (χ1n) is 10.7. The lowest BCUT2D eigenvalue weighted by Crippen LogP contribution is -2.35. The normalized spacial score (nSPS) is 14.3. The van der Waals surface area contributed by atoms with Crippen molar-refractivity contribution in [2.24, 2.45) is 0 Å². The summed E-state index contributed by atoms with van der Waals surface area (Å²) >= 11 is 6.00. The molecule has 1 amide bonds. The zero-order valence-corrected chi connectivity index (χ0v) is 18.6. The number of aromatic amines is 2. The summed E-state index contributed by atoms with van der Waals surface area (Å²) in [6.45, 7) is 4.44. The maximum atomic E-state index is 12.6. The highest BCUT2D eigenvalue weighted by Crippen LogP contribution is 2.27. The number of benzene rings is 2. The number of halogens is 1. The molecular weight excluding hydrogens is 440 g/mol. The van der Waals surface area contributed by atoms with Crippen LogP contribution in [0.3, 0.4) is 0 Å². The van der Waals surface area contributed by atoms with E-state index in [4.69, 9.17) is 16.3 Å². The second-order valence-corrected chi connectivity index (χ2v) is 8.29. The second-order valence-electron chi connectivity index (χ2n) is 7.85. The molecule has 0 radical (unpaired) electrons. The molecule has 0 aliphatic carbocycles. The van der Waals surface area contributed by atoms with E-state index in [0.717, 1.165) is 44.1 Å². The van der Waals surface area contributed by atoms with E-state index in [-0.39, 0.29) is 5.91 Å². The van der Waals surface area contributed by atoms with Crippen LogP contribution in [0.25, 0.3) is 22.8 Å². The number of ether oxygens (including phenoxy) is 1. The second kappa shape index (κ2) is 9.58. The largest absolute Gasteiger partial charge is 0.379 e. The van der Waals surface area contributed by atoms with Crippen molar-refractivity contribution in [1.82, 2.24) is 25.1 Å². The number of carbonyl (C=O) groups is 1. The summed E-state index contributed by atoms with van der Waals surface area (Å²) in [5.74, 6) is 0.309. The number of anilines is 1. The fraction of sp³-hybridized carbons (Fsp3) is 0.208. The van der Waals surface area contributed by atoms with Gasteiger partial charge in [-0.15, -0.1) is 0 Å². The minimum absolute atomic E-state index is 0.275. The summed E-state index contributed by atoms with van der Waals surface area (Å²) in [7, 11) is 0. The molecule has 5 rings (SSSR count). The highest BCUT2D eigenvalue weighted by molar-refractivity contribution is 6.31. The fourth-order valence-electron chi connectivity index (χ4n) is 3.79. The van der Waals surface area contributed by atoms with Crippen molar-refractivity contribution in [3.8, 4) is 22.8 Å². The van der Waals surface area contributed by atoms with Crippen LogP contribution in [0.15, 0.2) is 60.9 Å². The van der Waals surface area contributed by atoms with E-state index >= 15 is 0 Å². The quantitative estimate of drug-likeness (QED) is 0.398. The number of hydrogen-bond donors (Lipinski definition) is 3. The smallest absolute Gasteiger partial charge is 0.255 e. The Morgan fingerprint density at radius 1 is 1.12 bits per heavy atom. The van der Waals surface area contributed by atoms with Gasteiger partial charge in [-0.2, -0.15) is 5.10 Å². The van der Waals surface area contributed by atoms with Crippen LogP contribution in [0.5, 0.6) is 0 Å². The number of nitrogens with zero attached hydrogens (tertiary/aromatic N) is 3. The molecule has 3 heterocycles. The molecule has 4 aromatic rings. The SMILES string of the molecule is O=C(Nc1cn[nH]c1-c1ncc(-c2ccc(CN3CCOCC3)cc2)[nH]1)c1cccc(Cl)c1. The average molecular weight is 463 g/mol. The first-order valence-corrected chi connectivity index (χ1v) is 11.1. The van der Waals surface area contributed by atoms with E-state index in [9.17, 15) is 4.79 Å². The molecule has 1 saturated heterocycles. The number of carbonyl (C=O) groups excluding carboxylic acids is 1. The number of morpholine rings is 1. The number of amides is 1. The molecule has 0 atom stereocenters. The molecule has 3 N–H and O–H groups in total. The van der Waals surface area contributed by atoms with E-state index in [1.807, 2.05) is 0 Å². The van der Waals surface area contributed by atoms with Crippen molar-refractivity contribution in [3.63, 3.8) is 0 Å². The Hall–Kier alpha value is -3.46. The predicted octanol–water partition coefficient (Wildman–Crippen LogP) is 4.20. The van der Waals surface area contributed by atoms with E-state index in [2.05, 4.69) is 54.6 Å². The summed E-state index contributed by atoms with van der Waals surface area (Å²) in [6, 6.07) is 15.2. The third-order valence-electron chi connectivity index (χ3n) is 5.56. The fourth-order valence-corrected chi connectivity index (χ4v) is 3.98. The van der Waals surface area contributed by atoms with Crippen molar-refractivity contribution in [2.45, 2.75) is 6.54 Å². The van der Waals surface area contributed by atoms with Crippen LogP contribution in [-0.2, 0) is 11.3 Å². The zero-order valence-electron chi connectivity index (χ0n) is 17.8. The number of nitrogens with one attached hydrogen (secondary N) is 3. The molecule has 8 nitrogen and oxygen atoms in total. The molecule has 1 aliphatic rings. The third kappa shape index (κ3) is 4.98. The molecular formula is C24H23ClN6O2. The van der Waals surface area contributed by atoms with Crippen LogP contribution in [0.4, 0.5) is 5.69 Å². The molecule has 0 bridgehead atoms. The molecule has 1 fully saturated rings. The van der Waals surface area contributed by atoms with Gasteiger partial charge in [0.05, 0.1) is 37.0 Å². The number of rotatable bonds is 6. The number of imidazole rings is 1. The Bertz CT molecular complexity index is 1240. The Morgan fingerprint density at radius 2 is 1.94 bits per heavy atom. The van der Waals surface area contributed by atoms with Crippen LogP contribution in [0.1, 0.15) is 15.9 Å². The molecule has 168 valence electrons. The van der Waals surface area contributed by atoms with Crippen LogP contribution in [-0.4, -0.2) is 57.3 Å². The summed E-state index contributed by atoms with van der Waals surface area (Å²) in [5, 5.41) is 10.3. The monoisotopic (exact) mass is 462 g/mol. The highest BCUT2D eigenvalue weighted by atomic mass is 35.5. The highest BCUT2D eigenvalue weighted by Gasteiger charge is 2.16. The van der Waals surface area contributed by atoms with Gasteiger partial charge < -0.3 is 15.0 Å². The number of aromatic nitrogens is 4. The Kier molecular flexibility index (Phi) is 6.21. The van der Waals surface area contributed by atoms with Gasteiger partial charge in [-0.1, -0.05) is 41.9 Å². The Balaban J connectivity index is 1.29. The first-order chi connectivity index (χ1) is 16.2. The van der Waals surface area contributed by atoms with Crippen LogP contribution in [0.2, 0.25) is 5.02 Å². The average Bonchev–Trinajstić information content (AvgIpc) is 3.50. The predicted molar refractivity (Wildman–Crippen MR) is 127 cm³/mol. The maximum Gasteiger partial charge on any atom is 0.255 e. The van der Waals surface area contributed by atoms with Gasteiger partial charge in [0.2, 0.25) is 0 Å². The van der Waals surface area contributed by atoms with E-state index < -0.39 is 0 Å². The molecule has 0 saturated carbocycles.